The van der Waals surface area contributed by atoms with Crippen LogP contribution in [-0.4, -0.2) is 25.4 Å². The molecule has 0 saturated heterocycles. The minimum absolute atomic E-state index is 0.0982. The zero-order valence-corrected chi connectivity index (χ0v) is 13.5. The Hall–Kier alpha value is -3.41. The van der Waals surface area contributed by atoms with Gasteiger partial charge in [0.15, 0.2) is 0 Å². The van der Waals surface area contributed by atoms with Gasteiger partial charge < -0.3 is 14.9 Å². The van der Waals surface area contributed by atoms with Crippen molar-refractivity contribution in [2.45, 2.75) is 13.1 Å². The molecule has 4 aromatic rings. The van der Waals surface area contributed by atoms with Crippen LogP contribution in [0.15, 0.2) is 67.5 Å². The van der Waals surface area contributed by atoms with Gasteiger partial charge in [-0.3, -0.25) is 4.79 Å². The summed E-state index contributed by atoms with van der Waals surface area (Å²) in [5.74, 6) is -0.0982. The van der Waals surface area contributed by atoms with Gasteiger partial charge in [0.1, 0.15) is 0 Å². The number of carbonyl (C=O) groups excluding carboxylic acids is 1. The molecule has 6 nitrogen and oxygen atoms in total. The van der Waals surface area contributed by atoms with E-state index in [1.165, 1.54) is 5.56 Å². The number of carbonyl (C=O) groups is 1. The summed E-state index contributed by atoms with van der Waals surface area (Å²) in [4.78, 5) is 23.5. The van der Waals surface area contributed by atoms with Crippen molar-refractivity contribution in [2.75, 3.05) is 0 Å². The first-order valence-corrected chi connectivity index (χ1v) is 8.03. The number of amides is 1. The van der Waals surface area contributed by atoms with Crippen molar-refractivity contribution in [3.8, 4) is 0 Å². The highest BCUT2D eigenvalue weighted by molar-refractivity contribution is 5.97. The van der Waals surface area contributed by atoms with Crippen LogP contribution < -0.4 is 5.32 Å². The van der Waals surface area contributed by atoms with Gasteiger partial charge in [-0.1, -0.05) is 24.3 Å². The van der Waals surface area contributed by atoms with Crippen LogP contribution in [0.5, 0.6) is 0 Å². The van der Waals surface area contributed by atoms with Crippen LogP contribution in [0.1, 0.15) is 21.5 Å². The summed E-state index contributed by atoms with van der Waals surface area (Å²) in [5.41, 5.74) is 4.58. The highest BCUT2D eigenvalue weighted by Crippen LogP contribution is 2.12. The Bertz CT molecular complexity index is 986. The lowest BCUT2D eigenvalue weighted by atomic mass is 10.1. The zero-order chi connectivity index (χ0) is 17.1. The Kier molecular flexibility index (Phi) is 4.00. The lowest BCUT2D eigenvalue weighted by molar-refractivity contribution is 0.0951. The van der Waals surface area contributed by atoms with E-state index in [4.69, 9.17) is 0 Å². The van der Waals surface area contributed by atoms with Gasteiger partial charge in [0.25, 0.3) is 5.91 Å². The van der Waals surface area contributed by atoms with E-state index in [1.54, 1.807) is 24.9 Å². The Morgan fingerprint density at radius 2 is 1.96 bits per heavy atom. The predicted molar refractivity (Wildman–Crippen MR) is 95.0 cm³/mol. The van der Waals surface area contributed by atoms with Crippen molar-refractivity contribution in [3.63, 3.8) is 0 Å². The molecule has 0 spiro atoms. The largest absolute Gasteiger partial charge is 0.348 e. The molecule has 1 amide bonds. The summed E-state index contributed by atoms with van der Waals surface area (Å²) in [6, 6.07) is 13.6. The predicted octanol–water partition coefficient (Wildman–Crippen LogP) is 2.74. The van der Waals surface area contributed by atoms with Gasteiger partial charge in [-0.05, 0) is 29.3 Å². The van der Waals surface area contributed by atoms with Crippen LogP contribution in [0.3, 0.4) is 0 Å². The summed E-state index contributed by atoms with van der Waals surface area (Å²) in [7, 11) is 0. The maximum atomic E-state index is 12.3. The van der Waals surface area contributed by atoms with Crippen LogP contribution in [0.2, 0.25) is 0 Å². The van der Waals surface area contributed by atoms with Gasteiger partial charge in [-0.2, -0.15) is 0 Å². The van der Waals surface area contributed by atoms with Crippen molar-refractivity contribution in [2.24, 2.45) is 0 Å². The fourth-order valence-electron chi connectivity index (χ4n) is 2.71. The normalized spacial score (nSPS) is 10.9. The third-order valence-electron chi connectivity index (χ3n) is 4.08. The fraction of sp³-hybridized carbons (Fsp3) is 0.105. The smallest absolute Gasteiger partial charge is 0.251 e. The zero-order valence-electron chi connectivity index (χ0n) is 13.5. The highest BCUT2D eigenvalue weighted by Gasteiger charge is 2.07. The van der Waals surface area contributed by atoms with Gasteiger partial charge in [-0.25, -0.2) is 9.97 Å². The molecule has 0 bridgehead atoms. The van der Waals surface area contributed by atoms with Gasteiger partial charge in [0.2, 0.25) is 0 Å². The Balaban J connectivity index is 1.37. The van der Waals surface area contributed by atoms with Crippen molar-refractivity contribution < 1.29 is 4.79 Å². The molecule has 25 heavy (non-hydrogen) atoms. The molecule has 0 saturated carbocycles. The molecule has 2 N–H and O–H groups in total. The standard InChI is InChI=1S/C19H17N5O/c25-19(16-5-6-17-18(9-16)23-12-22-17)21-10-14-1-3-15(4-2-14)11-24-8-7-20-13-24/h1-9,12-13H,10-11H2,(H,21,25)(H,22,23). The van der Waals surface area contributed by atoms with Crippen LogP contribution in [0, 0.1) is 0 Å². The summed E-state index contributed by atoms with van der Waals surface area (Å²) in [6.07, 6.45) is 7.12. The first kappa shape index (κ1) is 15.1. The summed E-state index contributed by atoms with van der Waals surface area (Å²) < 4.78 is 2.02. The number of nitrogens with zero attached hydrogens (tertiary/aromatic N) is 3. The Labute approximate surface area is 144 Å². The van der Waals surface area contributed by atoms with E-state index < -0.39 is 0 Å². The minimum atomic E-state index is -0.0982. The summed E-state index contributed by atoms with van der Waals surface area (Å²) >= 11 is 0. The van der Waals surface area contributed by atoms with E-state index in [1.807, 2.05) is 35.0 Å². The minimum Gasteiger partial charge on any atom is -0.348 e. The molecule has 6 heteroatoms. The van der Waals surface area contributed by atoms with Crippen LogP contribution in [-0.2, 0) is 13.1 Å². The second-order valence-corrected chi connectivity index (χ2v) is 5.87. The molecule has 124 valence electrons. The number of fused-ring (bicyclic) bond motifs is 1. The van der Waals surface area contributed by atoms with Crippen LogP contribution in [0.4, 0.5) is 0 Å². The van der Waals surface area contributed by atoms with E-state index >= 15 is 0 Å². The van der Waals surface area contributed by atoms with E-state index in [0.717, 1.165) is 23.1 Å². The molecule has 0 atom stereocenters. The first-order chi connectivity index (χ1) is 12.3. The van der Waals surface area contributed by atoms with Gasteiger partial charge in [-0.15, -0.1) is 0 Å². The van der Waals surface area contributed by atoms with Crippen molar-refractivity contribution >= 4 is 16.9 Å². The molecule has 2 aromatic carbocycles. The van der Waals surface area contributed by atoms with E-state index in [9.17, 15) is 4.79 Å². The third kappa shape index (κ3) is 3.42. The topological polar surface area (TPSA) is 75.6 Å². The molecular weight excluding hydrogens is 314 g/mol. The van der Waals surface area contributed by atoms with E-state index in [-0.39, 0.29) is 5.91 Å². The number of benzene rings is 2. The monoisotopic (exact) mass is 331 g/mol. The van der Waals surface area contributed by atoms with Gasteiger partial charge in [0, 0.05) is 31.0 Å². The maximum absolute atomic E-state index is 12.3. The molecule has 2 heterocycles. The number of rotatable bonds is 5. The molecule has 0 fully saturated rings. The van der Waals surface area contributed by atoms with E-state index in [0.29, 0.717) is 12.1 Å². The second-order valence-electron chi connectivity index (χ2n) is 5.87. The summed E-state index contributed by atoms with van der Waals surface area (Å²) in [6.45, 7) is 1.28. The van der Waals surface area contributed by atoms with E-state index in [2.05, 4.69) is 32.4 Å². The molecular formula is C19H17N5O. The highest BCUT2D eigenvalue weighted by atomic mass is 16.1. The molecule has 0 radical (unpaired) electrons. The number of hydrogen-bond donors (Lipinski definition) is 2. The summed E-state index contributed by atoms with van der Waals surface area (Å²) in [5, 5.41) is 2.95. The quantitative estimate of drug-likeness (QED) is 0.590. The first-order valence-electron chi connectivity index (χ1n) is 8.03. The molecule has 0 aliphatic carbocycles. The number of nitrogens with one attached hydrogen (secondary N) is 2. The number of hydrogen-bond acceptors (Lipinski definition) is 3. The molecule has 0 unspecified atom stereocenters. The molecule has 4 rings (SSSR count). The van der Waals surface area contributed by atoms with Crippen molar-refractivity contribution in [1.82, 2.24) is 24.8 Å². The second kappa shape index (κ2) is 6.60. The van der Waals surface area contributed by atoms with Crippen LogP contribution >= 0.6 is 0 Å². The average molecular weight is 331 g/mol. The fourth-order valence-corrected chi connectivity index (χ4v) is 2.71. The van der Waals surface area contributed by atoms with Crippen molar-refractivity contribution in [1.29, 1.82) is 0 Å². The van der Waals surface area contributed by atoms with Gasteiger partial charge >= 0.3 is 0 Å². The maximum Gasteiger partial charge on any atom is 0.251 e. The van der Waals surface area contributed by atoms with Crippen molar-refractivity contribution in [3.05, 3.63) is 84.2 Å². The number of aromatic nitrogens is 4. The number of aromatic amines is 1. The number of imidazole rings is 2. The Morgan fingerprint density at radius 1 is 1.12 bits per heavy atom. The lowest BCUT2D eigenvalue weighted by Crippen LogP contribution is -2.22. The third-order valence-corrected chi connectivity index (χ3v) is 4.08. The molecule has 0 aliphatic heterocycles. The Morgan fingerprint density at radius 3 is 2.76 bits per heavy atom. The number of H-pyrrole nitrogens is 1. The molecule has 2 aromatic heterocycles. The van der Waals surface area contributed by atoms with Gasteiger partial charge in [0.05, 0.1) is 23.7 Å². The lowest BCUT2D eigenvalue weighted by Gasteiger charge is -2.07. The SMILES string of the molecule is O=C(NCc1ccc(Cn2ccnc2)cc1)c1ccc2nc[nH]c2c1. The molecule has 0 aliphatic rings. The average Bonchev–Trinajstić information content (AvgIpc) is 3.31. The van der Waals surface area contributed by atoms with Crippen LogP contribution in [0.25, 0.3) is 11.0 Å².